The molecule has 0 aliphatic carbocycles. The molecule has 3 rings (SSSR count). The summed E-state index contributed by atoms with van der Waals surface area (Å²) in [5.74, 6) is -0.548. The van der Waals surface area contributed by atoms with Crippen molar-refractivity contribution in [2.24, 2.45) is 0 Å². The molecule has 6 nitrogen and oxygen atoms in total. The van der Waals surface area contributed by atoms with Gasteiger partial charge in [0.05, 0.1) is 17.5 Å². The number of hydrogen-bond acceptors (Lipinski definition) is 5. The number of nitriles is 1. The van der Waals surface area contributed by atoms with Gasteiger partial charge in [-0.1, -0.05) is 38.1 Å². The lowest BCUT2D eigenvalue weighted by Crippen LogP contribution is -2.14. The van der Waals surface area contributed by atoms with Crippen LogP contribution in [0.2, 0.25) is 0 Å². The third kappa shape index (κ3) is 3.24. The van der Waals surface area contributed by atoms with Crippen LogP contribution in [0.5, 0.6) is 0 Å². The largest absolute Gasteiger partial charge is 0.289 e. The van der Waals surface area contributed by atoms with E-state index >= 15 is 0 Å². The zero-order valence-corrected chi connectivity index (χ0v) is 14.9. The number of aromatic nitrogens is 4. The lowest BCUT2D eigenvalue weighted by Gasteiger charge is -2.12. The number of nitrogens with zero attached hydrogens (tertiary/aromatic N) is 5. The Hall–Kier alpha value is -3.33. The van der Waals surface area contributed by atoms with Crippen LogP contribution in [0.25, 0.3) is 5.69 Å². The minimum atomic E-state index is -1.02. The topological polar surface area (TPSA) is 84.5 Å². The molecule has 26 heavy (non-hydrogen) atoms. The first-order valence-corrected chi connectivity index (χ1v) is 8.40. The van der Waals surface area contributed by atoms with Gasteiger partial charge in [0.25, 0.3) is 0 Å². The Morgan fingerprint density at radius 1 is 1.15 bits per heavy atom. The Morgan fingerprint density at radius 3 is 2.54 bits per heavy atom. The summed E-state index contributed by atoms with van der Waals surface area (Å²) in [6.45, 7) is 6.00. The van der Waals surface area contributed by atoms with Crippen molar-refractivity contribution < 1.29 is 4.79 Å². The second-order valence-electron chi connectivity index (χ2n) is 6.29. The minimum absolute atomic E-state index is 0.0262. The van der Waals surface area contributed by atoms with Crippen molar-refractivity contribution in [2.45, 2.75) is 32.6 Å². The summed E-state index contributed by atoms with van der Waals surface area (Å²) in [6, 6.07) is 15.0. The summed E-state index contributed by atoms with van der Waals surface area (Å²) in [5.41, 5.74) is 2.40. The third-order valence-electron chi connectivity index (χ3n) is 4.15. The number of Topliss-reactive ketones (excluding diaryl/α,β-unsaturated/α-hetero) is 1. The van der Waals surface area contributed by atoms with Gasteiger partial charge >= 0.3 is 0 Å². The molecule has 3 aromatic rings. The Balaban J connectivity index is 2.01. The average molecular weight is 345 g/mol. The fourth-order valence-corrected chi connectivity index (χ4v) is 2.83. The van der Waals surface area contributed by atoms with Crippen molar-refractivity contribution in [1.82, 2.24) is 19.7 Å². The molecule has 1 aromatic carbocycles. The molecule has 1 unspecified atom stereocenters. The zero-order valence-electron chi connectivity index (χ0n) is 14.9. The van der Waals surface area contributed by atoms with Gasteiger partial charge in [0.1, 0.15) is 5.82 Å². The summed E-state index contributed by atoms with van der Waals surface area (Å²) >= 11 is 0. The lowest BCUT2D eigenvalue weighted by atomic mass is 10.0. The summed E-state index contributed by atoms with van der Waals surface area (Å²) in [6.07, 6.45) is 1.56. The van der Waals surface area contributed by atoms with Gasteiger partial charge in [-0.15, -0.1) is 5.10 Å². The van der Waals surface area contributed by atoms with Crippen LogP contribution in [0.3, 0.4) is 0 Å². The van der Waals surface area contributed by atoms with Crippen LogP contribution >= 0.6 is 0 Å². The van der Waals surface area contributed by atoms with Crippen LogP contribution in [0, 0.1) is 18.3 Å². The molecule has 0 amide bonds. The van der Waals surface area contributed by atoms with E-state index in [0.29, 0.717) is 17.4 Å². The first-order valence-electron chi connectivity index (χ1n) is 8.40. The molecule has 0 aliphatic heterocycles. The smallest absolute Gasteiger partial charge is 0.225 e. The van der Waals surface area contributed by atoms with Gasteiger partial charge in [-0.2, -0.15) is 5.26 Å². The van der Waals surface area contributed by atoms with E-state index in [1.807, 2.05) is 30.3 Å². The van der Waals surface area contributed by atoms with E-state index < -0.39 is 11.7 Å². The van der Waals surface area contributed by atoms with Crippen molar-refractivity contribution in [3.8, 4) is 11.8 Å². The molecule has 130 valence electrons. The summed E-state index contributed by atoms with van der Waals surface area (Å²) in [7, 11) is 0. The first kappa shape index (κ1) is 17.5. The van der Waals surface area contributed by atoms with Gasteiger partial charge in [-0.3, -0.25) is 9.78 Å². The maximum Gasteiger partial charge on any atom is 0.225 e. The summed E-state index contributed by atoms with van der Waals surface area (Å²) < 4.78 is 1.66. The van der Waals surface area contributed by atoms with Gasteiger partial charge in [0, 0.05) is 6.20 Å². The fraction of sp³-hybridized carbons (Fsp3) is 0.250. The Morgan fingerprint density at radius 2 is 1.88 bits per heavy atom. The first-order chi connectivity index (χ1) is 12.5. The van der Waals surface area contributed by atoms with Gasteiger partial charge in [-0.25, -0.2) is 9.67 Å². The average Bonchev–Trinajstić information content (AvgIpc) is 3.04. The predicted octanol–water partition coefficient (Wildman–Crippen LogP) is 3.58. The number of hydrogen-bond donors (Lipinski definition) is 0. The standard InChI is InChI=1S/C20H19N5O/c1-13(2)15-8-4-5-10-18(15)25-14(3)23-20(24-25)19(26)16(12-21)17-9-6-7-11-22-17/h4-11,13,16H,1-3H3. The normalized spacial score (nSPS) is 12.0. The maximum atomic E-state index is 12.8. The van der Waals surface area contributed by atoms with E-state index in [0.717, 1.165) is 11.3 Å². The quantitative estimate of drug-likeness (QED) is 0.660. The molecule has 0 saturated heterocycles. The molecule has 2 aromatic heterocycles. The van der Waals surface area contributed by atoms with Gasteiger partial charge in [0.15, 0.2) is 5.92 Å². The van der Waals surface area contributed by atoms with Gasteiger partial charge in [-0.05, 0) is 36.6 Å². The van der Waals surface area contributed by atoms with E-state index in [1.54, 1.807) is 36.0 Å². The van der Waals surface area contributed by atoms with Crippen LogP contribution in [0.4, 0.5) is 0 Å². The highest BCUT2D eigenvalue weighted by molar-refractivity contribution is 5.99. The van der Waals surface area contributed by atoms with E-state index in [-0.39, 0.29) is 5.82 Å². The molecule has 0 spiro atoms. The van der Waals surface area contributed by atoms with Gasteiger partial charge in [0.2, 0.25) is 11.6 Å². The van der Waals surface area contributed by atoms with Crippen molar-refractivity contribution >= 4 is 5.78 Å². The molecule has 0 saturated carbocycles. The number of carbonyl (C=O) groups excluding carboxylic acids is 1. The molecular weight excluding hydrogens is 326 g/mol. The number of rotatable bonds is 5. The molecule has 0 aliphatic rings. The van der Waals surface area contributed by atoms with E-state index in [1.165, 1.54) is 0 Å². The Labute approximate surface area is 152 Å². The number of para-hydroxylation sites is 1. The minimum Gasteiger partial charge on any atom is -0.289 e. The maximum absolute atomic E-state index is 12.8. The third-order valence-corrected chi connectivity index (χ3v) is 4.15. The van der Waals surface area contributed by atoms with Crippen LogP contribution in [0.1, 0.15) is 53.4 Å². The summed E-state index contributed by atoms with van der Waals surface area (Å²) in [5, 5.41) is 13.8. The number of ketones is 1. The number of aryl methyl sites for hydroxylation is 1. The monoisotopic (exact) mass is 345 g/mol. The molecule has 0 N–H and O–H groups in total. The number of carbonyl (C=O) groups is 1. The highest BCUT2D eigenvalue weighted by Crippen LogP contribution is 2.24. The SMILES string of the molecule is Cc1nc(C(=O)C(C#N)c2ccccn2)nn1-c1ccccc1C(C)C. The second kappa shape index (κ2) is 7.28. The molecule has 0 radical (unpaired) electrons. The molecule has 0 fully saturated rings. The number of pyridine rings is 1. The van der Waals surface area contributed by atoms with Crippen molar-refractivity contribution in [3.05, 3.63) is 71.6 Å². The Bertz CT molecular complexity index is 969. The highest BCUT2D eigenvalue weighted by Gasteiger charge is 2.27. The molecule has 6 heteroatoms. The summed E-state index contributed by atoms with van der Waals surface area (Å²) in [4.78, 5) is 21.2. The van der Waals surface area contributed by atoms with E-state index in [2.05, 4.69) is 28.9 Å². The van der Waals surface area contributed by atoms with Crippen molar-refractivity contribution in [3.63, 3.8) is 0 Å². The second-order valence-corrected chi connectivity index (χ2v) is 6.29. The molecular formula is C20H19N5O. The molecule has 0 bridgehead atoms. The van der Waals surface area contributed by atoms with Crippen molar-refractivity contribution in [2.75, 3.05) is 0 Å². The van der Waals surface area contributed by atoms with E-state index in [4.69, 9.17) is 0 Å². The molecule has 2 heterocycles. The van der Waals surface area contributed by atoms with Crippen LogP contribution in [0.15, 0.2) is 48.7 Å². The Kier molecular flexibility index (Phi) is 4.90. The lowest BCUT2D eigenvalue weighted by molar-refractivity contribution is 0.0967. The van der Waals surface area contributed by atoms with Crippen LogP contribution in [-0.2, 0) is 0 Å². The zero-order chi connectivity index (χ0) is 18.7. The van der Waals surface area contributed by atoms with E-state index in [9.17, 15) is 10.1 Å². The van der Waals surface area contributed by atoms with Crippen molar-refractivity contribution in [1.29, 1.82) is 5.26 Å². The van der Waals surface area contributed by atoms with Gasteiger partial charge < -0.3 is 0 Å². The van der Waals surface area contributed by atoms with Crippen LogP contribution < -0.4 is 0 Å². The fourth-order valence-electron chi connectivity index (χ4n) is 2.83. The van der Waals surface area contributed by atoms with Crippen LogP contribution in [-0.4, -0.2) is 25.5 Å². The molecule has 1 atom stereocenters. The highest BCUT2D eigenvalue weighted by atomic mass is 16.1. The number of benzene rings is 1. The predicted molar refractivity (Wildman–Crippen MR) is 97.1 cm³/mol.